The Morgan fingerprint density at radius 1 is 1.00 bits per heavy atom. The molecule has 186 valence electrons. The summed E-state index contributed by atoms with van der Waals surface area (Å²) in [6.45, 7) is 4.47. The normalized spacial score (nSPS) is 14.6. The van der Waals surface area contributed by atoms with Gasteiger partial charge in [0.1, 0.15) is 6.61 Å². The van der Waals surface area contributed by atoms with Crippen LogP contribution in [0.3, 0.4) is 0 Å². The van der Waals surface area contributed by atoms with Gasteiger partial charge in [0.05, 0.1) is 22.2 Å². The number of carbonyl (C=O) groups is 1. The fourth-order valence-electron chi connectivity index (χ4n) is 4.24. The number of anilines is 1. The number of ether oxygens (including phenoxy) is 2. The van der Waals surface area contributed by atoms with Gasteiger partial charge in [-0.1, -0.05) is 72.5 Å². The molecule has 0 unspecified atom stereocenters. The lowest BCUT2D eigenvalue weighted by Crippen LogP contribution is -2.27. The number of aryl methyl sites for hydroxylation is 2. The van der Waals surface area contributed by atoms with Crippen LogP contribution in [0.2, 0.25) is 0 Å². The van der Waals surface area contributed by atoms with E-state index in [1.807, 2.05) is 68.5 Å². The largest absolute Gasteiger partial charge is 0.493 e. The molecule has 4 aromatic rings. The lowest BCUT2D eigenvalue weighted by Gasteiger charge is -2.16. The van der Waals surface area contributed by atoms with Crippen LogP contribution in [-0.4, -0.2) is 17.3 Å². The van der Waals surface area contributed by atoms with E-state index in [2.05, 4.69) is 40.2 Å². The Labute approximate surface area is 234 Å². The zero-order valence-corrected chi connectivity index (χ0v) is 23.8. The first kappa shape index (κ1) is 25.5. The van der Waals surface area contributed by atoms with E-state index in [9.17, 15) is 4.79 Å². The molecule has 5 rings (SSSR count). The Hall–Kier alpha value is -3.13. The summed E-state index contributed by atoms with van der Waals surface area (Å²) in [5.41, 5.74) is 4.96. The van der Waals surface area contributed by atoms with E-state index in [1.54, 1.807) is 12.0 Å². The van der Waals surface area contributed by atoms with Crippen LogP contribution in [0.4, 0.5) is 5.69 Å². The van der Waals surface area contributed by atoms with Crippen molar-refractivity contribution < 1.29 is 14.3 Å². The Morgan fingerprint density at radius 2 is 1.78 bits per heavy atom. The molecule has 1 aliphatic heterocycles. The number of hydrogen-bond donors (Lipinski definition) is 0. The summed E-state index contributed by atoms with van der Waals surface area (Å²) < 4.78 is 13.1. The summed E-state index contributed by atoms with van der Waals surface area (Å²) >= 11 is 10.5. The Balaban J connectivity index is 1.40. The summed E-state index contributed by atoms with van der Waals surface area (Å²) in [6.07, 6.45) is 1.84. The molecule has 0 N–H and O–H groups in total. The molecule has 0 spiro atoms. The number of fused-ring (bicyclic) bond motifs is 1. The maximum Gasteiger partial charge on any atom is 0.270 e. The smallest absolute Gasteiger partial charge is 0.270 e. The van der Waals surface area contributed by atoms with Gasteiger partial charge >= 0.3 is 0 Å². The van der Waals surface area contributed by atoms with Crippen LogP contribution < -0.4 is 14.4 Å². The van der Waals surface area contributed by atoms with Gasteiger partial charge in [-0.05, 0) is 93.1 Å². The van der Waals surface area contributed by atoms with Gasteiger partial charge in [0.15, 0.2) is 15.8 Å². The molecular formula is C30H24BrNO3S2. The average Bonchev–Trinajstić information content (AvgIpc) is 3.17. The minimum absolute atomic E-state index is 0.135. The van der Waals surface area contributed by atoms with E-state index < -0.39 is 0 Å². The molecule has 1 heterocycles. The summed E-state index contributed by atoms with van der Waals surface area (Å²) in [5, 5.41) is 2.32. The highest BCUT2D eigenvalue weighted by molar-refractivity contribution is 9.10. The van der Waals surface area contributed by atoms with Crippen LogP contribution in [0.1, 0.15) is 22.3 Å². The zero-order valence-electron chi connectivity index (χ0n) is 20.6. The molecule has 0 aromatic heterocycles. The number of thioether (sulfide) groups is 1. The van der Waals surface area contributed by atoms with Gasteiger partial charge in [-0.2, -0.15) is 0 Å². The molecule has 1 fully saturated rings. The fourth-order valence-corrected chi connectivity index (χ4v) is 6.11. The average molecular weight is 591 g/mol. The second-order valence-corrected chi connectivity index (χ2v) is 11.3. The van der Waals surface area contributed by atoms with Crippen LogP contribution >= 0.6 is 39.9 Å². The first-order chi connectivity index (χ1) is 17.9. The van der Waals surface area contributed by atoms with Gasteiger partial charge in [-0.15, -0.1) is 0 Å². The predicted molar refractivity (Wildman–Crippen MR) is 161 cm³/mol. The van der Waals surface area contributed by atoms with E-state index in [-0.39, 0.29) is 5.91 Å². The first-order valence-electron chi connectivity index (χ1n) is 11.7. The van der Waals surface area contributed by atoms with E-state index in [0.29, 0.717) is 27.3 Å². The Morgan fingerprint density at radius 3 is 2.57 bits per heavy atom. The van der Waals surface area contributed by atoms with E-state index >= 15 is 0 Å². The number of benzene rings is 4. The van der Waals surface area contributed by atoms with Gasteiger partial charge in [0.2, 0.25) is 0 Å². The number of thiocarbonyl (C=S) groups is 1. The second kappa shape index (κ2) is 10.7. The molecular weight excluding hydrogens is 566 g/mol. The van der Waals surface area contributed by atoms with Crippen LogP contribution in [-0.2, 0) is 11.4 Å². The molecule has 0 atom stereocenters. The van der Waals surface area contributed by atoms with Crippen LogP contribution in [0.5, 0.6) is 11.5 Å². The SMILES string of the molecule is COc1cc(/C=C2\SC(=S)N(c3ccc(C)c(C)c3)C2=O)cc(Br)c1OCc1cccc2ccccc12. The fraction of sp³-hybridized carbons (Fsp3) is 0.133. The van der Waals surface area contributed by atoms with Crippen LogP contribution in [0.25, 0.3) is 16.8 Å². The maximum atomic E-state index is 13.3. The number of methoxy groups -OCH3 is 1. The Kier molecular flexibility index (Phi) is 7.38. The summed E-state index contributed by atoms with van der Waals surface area (Å²) in [4.78, 5) is 15.4. The molecule has 4 aromatic carbocycles. The molecule has 4 nitrogen and oxygen atoms in total. The molecule has 1 saturated heterocycles. The van der Waals surface area contributed by atoms with Crippen molar-refractivity contribution in [1.29, 1.82) is 0 Å². The lowest BCUT2D eigenvalue weighted by molar-refractivity contribution is -0.113. The maximum absolute atomic E-state index is 13.3. The third-order valence-corrected chi connectivity index (χ3v) is 8.24. The van der Waals surface area contributed by atoms with Crippen molar-refractivity contribution in [2.45, 2.75) is 20.5 Å². The van der Waals surface area contributed by atoms with E-state index in [4.69, 9.17) is 21.7 Å². The lowest BCUT2D eigenvalue weighted by atomic mass is 10.1. The van der Waals surface area contributed by atoms with Crippen molar-refractivity contribution in [3.8, 4) is 11.5 Å². The Bertz CT molecular complexity index is 1580. The zero-order chi connectivity index (χ0) is 26.1. The number of amides is 1. The molecule has 1 aliphatic rings. The summed E-state index contributed by atoms with van der Waals surface area (Å²) in [7, 11) is 1.61. The third-order valence-electron chi connectivity index (χ3n) is 6.34. The highest BCUT2D eigenvalue weighted by Gasteiger charge is 2.33. The minimum atomic E-state index is -0.135. The molecule has 7 heteroatoms. The predicted octanol–water partition coefficient (Wildman–Crippen LogP) is 8.21. The molecule has 37 heavy (non-hydrogen) atoms. The number of hydrogen-bond acceptors (Lipinski definition) is 5. The molecule has 0 bridgehead atoms. The van der Waals surface area contributed by atoms with Crippen molar-refractivity contribution >= 4 is 72.7 Å². The monoisotopic (exact) mass is 589 g/mol. The quantitative estimate of drug-likeness (QED) is 0.167. The van der Waals surface area contributed by atoms with Crippen LogP contribution in [0, 0.1) is 13.8 Å². The van der Waals surface area contributed by atoms with Crippen molar-refractivity contribution in [3.05, 3.63) is 104 Å². The molecule has 0 aliphatic carbocycles. The number of carbonyl (C=O) groups excluding carboxylic acids is 1. The third kappa shape index (κ3) is 5.17. The molecule has 0 radical (unpaired) electrons. The van der Waals surface area contributed by atoms with Crippen molar-refractivity contribution in [2.24, 2.45) is 0 Å². The van der Waals surface area contributed by atoms with Gasteiger partial charge in [-0.25, -0.2) is 0 Å². The summed E-state index contributed by atoms with van der Waals surface area (Å²) in [5.74, 6) is 1.05. The number of halogens is 1. The minimum Gasteiger partial charge on any atom is -0.493 e. The topological polar surface area (TPSA) is 38.8 Å². The van der Waals surface area contributed by atoms with Crippen molar-refractivity contribution in [1.82, 2.24) is 0 Å². The second-order valence-electron chi connectivity index (χ2n) is 8.75. The summed E-state index contributed by atoms with van der Waals surface area (Å²) in [6, 6.07) is 24.1. The van der Waals surface area contributed by atoms with E-state index in [0.717, 1.165) is 32.2 Å². The van der Waals surface area contributed by atoms with Gasteiger partial charge in [0, 0.05) is 0 Å². The van der Waals surface area contributed by atoms with Gasteiger partial charge < -0.3 is 9.47 Å². The number of rotatable bonds is 6. The van der Waals surface area contributed by atoms with Crippen LogP contribution in [0.15, 0.2) is 82.2 Å². The number of nitrogens with zero attached hydrogens (tertiary/aromatic N) is 1. The van der Waals surface area contributed by atoms with Gasteiger partial charge in [0.25, 0.3) is 5.91 Å². The standard InChI is InChI=1S/C30H24BrNO3S2/c1-18-11-12-23(13-19(18)2)32-29(33)27(37-30(32)36)16-20-14-25(31)28(26(15-20)34-3)35-17-22-9-6-8-21-7-4-5-10-24(21)22/h4-16H,17H2,1-3H3/b27-16-. The highest BCUT2D eigenvalue weighted by atomic mass is 79.9. The van der Waals surface area contributed by atoms with Gasteiger partial charge in [-0.3, -0.25) is 9.69 Å². The highest BCUT2D eigenvalue weighted by Crippen LogP contribution is 2.41. The first-order valence-corrected chi connectivity index (χ1v) is 13.7. The van der Waals surface area contributed by atoms with Crippen molar-refractivity contribution in [2.75, 3.05) is 12.0 Å². The molecule has 0 saturated carbocycles. The van der Waals surface area contributed by atoms with E-state index in [1.165, 1.54) is 22.7 Å². The molecule has 1 amide bonds. The van der Waals surface area contributed by atoms with Crippen molar-refractivity contribution in [3.63, 3.8) is 0 Å².